The zero-order valence-corrected chi connectivity index (χ0v) is 14.9. The molecule has 0 spiro atoms. The van der Waals surface area contributed by atoms with E-state index in [0.717, 1.165) is 37.5 Å². The summed E-state index contributed by atoms with van der Waals surface area (Å²) in [5.74, 6) is 1.57. The number of carbonyl (C=O) groups excluding carboxylic acids is 1. The van der Waals surface area contributed by atoms with E-state index in [1.54, 1.807) is 20.3 Å². The second-order valence-corrected chi connectivity index (χ2v) is 5.64. The number of piperazine rings is 1. The van der Waals surface area contributed by atoms with Gasteiger partial charge >= 0.3 is 0 Å². The molecule has 1 aliphatic rings. The molecule has 1 N–H and O–H groups in total. The molecule has 0 aromatic heterocycles. The van der Waals surface area contributed by atoms with E-state index < -0.39 is 0 Å². The van der Waals surface area contributed by atoms with E-state index in [1.165, 1.54) is 0 Å². The summed E-state index contributed by atoms with van der Waals surface area (Å²) in [6.07, 6.45) is 0.368. The van der Waals surface area contributed by atoms with E-state index in [9.17, 15) is 4.79 Å². The van der Waals surface area contributed by atoms with Gasteiger partial charge in [0.25, 0.3) is 0 Å². The van der Waals surface area contributed by atoms with Crippen LogP contribution in [0.1, 0.15) is 5.56 Å². The Morgan fingerprint density at radius 2 is 1.60 bits per heavy atom. The third-order valence-electron chi connectivity index (χ3n) is 3.97. The minimum absolute atomic E-state index is 0.143. The average molecular weight is 342 g/mol. The van der Waals surface area contributed by atoms with Crippen LogP contribution in [0.3, 0.4) is 0 Å². The van der Waals surface area contributed by atoms with E-state index >= 15 is 0 Å². The quantitative estimate of drug-likeness (QED) is 0.927. The zero-order chi connectivity index (χ0) is 17.9. The summed E-state index contributed by atoms with van der Waals surface area (Å²) in [6, 6.07) is 17.5. The zero-order valence-electron chi connectivity index (χ0n) is 14.9. The van der Waals surface area contributed by atoms with Gasteiger partial charge < -0.3 is 19.7 Å². The summed E-state index contributed by atoms with van der Waals surface area (Å²) in [5.41, 5.74) is 0.895. The number of amides is 1. The van der Waals surface area contributed by atoms with E-state index in [1.807, 2.05) is 53.4 Å². The van der Waals surface area contributed by atoms with Crippen LogP contribution in [-0.4, -0.2) is 51.2 Å². The van der Waals surface area contributed by atoms with Gasteiger partial charge in [0.05, 0.1) is 20.6 Å². The van der Waals surface area contributed by atoms with Gasteiger partial charge in [-0.2, -0.15) is 0 Å². The van der Waals surface area contributed by atoms with E-state index in [0.29, 0.717) is 12.2 Å². The fourth-order valence-corrected chi connectivity index (χ4v) is 2.57. The highest BCUT2D eigenvalue weighted by atomic mass is 16.5. The SMILES string of the molecule is COc1ccc(CC(=O)N2CCNCC2)c(OC)c1.c1ccccc1. The highest BCUT2D eigenvalue weighted by Crippen LogP contribution is 2.25. The molecule has 1 saturated heterocycles. The lowest BCUT2D eigenvalue weighted by atomic mass is 10.1. The van der Waals surface area contributed by atoms with Gasteiger partial charge in [-0.05, 0) is 6.07 Å². The van der Waals surface area contributed by atoms with Crippen molar-refractivity contribution in [2.75, 3.05) is 40.4 Å². The molecule has 0 radical (unpaired) electrons. The first-order chi connectivity index (χ1) is 12.2. The third-order valence-corrected chi connectivity index (χ3v) is 3.97. The largest absolute Gasteiger partial charge is 0.497 e. The highest BCUT2D eigenvalue weighted by Gasteiger charge is 2.18. The number of hydrogen-bond donors (Lipinski definition) is 1. The predicted octanol–water partition coefficient (Wildman–Crippen LogP) is 2.36. The minimum atomic E-state index is 0.143. The lowest BCUT2D eigenvalue weighted by Crippen LogP contribution is -2.46. The molecule has 0 atom stereocenters. The van der Waals surface area contributed by atoms with Crippen LogP contribution in [0.15, 0.2) is 54.6 Å². The van der Waals surface area contributed by atoms with Gasteiger partial charge in [-0.1, -0.05) is 42.5 Å². The summed E-state index contributed by atoms with van der Waals surface area (Å²) in [7, 11) is 3.22. The van der Waals surface area contributed by atoms with Crippen molar-refractivity contribution in [2.24, 2.45) is 0 Å². The Hall–Kier alpha value is -2.53. The van der Waals surface area contributed by atoms with Crippen LogP contribution in [0, 0.1) is 0 Å². The first-order valence-electron chi connectivity index (χ1n) is 8.44. The number of nitrogens with one attached hydrogen (secondary N) is 1. The molecule has 5 nitrogen and oxygen atoms in total. The van der Waals surface area contributed by atoms with Gasteiger partial charge in [0.2, 0.25) is 5.91 Å². The standard InChI is InChI=1S/C14H20N2O3.C6H6/c1-18-12-4-3-11(13(10-12)19-2)9-14(17)16-7-5-15-6-8-16;1-2-4-6-5-3-1/h3-4,10,15H,5-9H2,1-2H3;1-6H. The van der Waals surface area contributed by atoms with Crippen molar-refractivity contribution in [1.29, 1.82) is 0 Å². The number of ether oxygens (including phenoxy) is 2. The summed E-state index contributed by atoms with van der Waals surface area (Å²) >= 11 is 0. The predicted molar refractivity (Wildman–Crippen MR) is 99.1 cm³/mol. The fourth-order valence-electron chi connectivity index (χ4n) is 2.57. The van der Waals surface area contributed by atoms with Crippen molar-refractivity contribution in [3.63, 3.8) is 0 Å². The fraction of sp³-hybridized carbons (Fsp3) is 0.350. The smallest absolute Gasteiger partial charge is 0.227 e. The summed E-state index contributed by atoms with van der Waals surface area (Å²) in [5, 5.41) is 3.24. The molecule has 1 amide bonds. The van der Waals surface area contributed by atoms with Crippen LogP contribution in [0.5, 0.6) is 11.5 Å². The number of rotatable bonds is 4. The van der Waals surface area contributed by atoms with Gasteiger partial charge in [0, 0.05) is 37.8 Å². The molecule has 134 valence electrons. The summed E-state index contributed by atoms with van der Waals surface area (Å²) < 4.78 is 10.5. The van der Waals surface area contributed by atoms with Crippen molar-refractivity contribution in [3.05, 3.63) is 60.2 Å². The molecule has 0 bridgehead atoms. The topological polar surface area (TPSA) is 50.8 Å². The average Bonchev–Trinajstić information content (AvgIpc) is 2.70. The molecule has 5 heteroatoms. The molecular weight excluding hydrogens is 316 g/mol. The molecule has 1 aliphatic heterocycles. The molecule has 2 aromatic rings. The van der Waals surface area contributed by atoms with E-state index in [4.69, 9.17) is 9.47 Å². The Labute approximate surface area is 149 Å². The molecule has 0 unspecified atom stereocenters. The molecule has 1 heterocycles. The first-order valence-corrected chi connectivity index (χ1v) is 8.44. The van der Waals surface area contributed by atoms with Crippen LogP contribution < -0.4 is 14.8 Å². The van der Waals surface area contributed by atoms with Crippen LogP contribution in [0.4, 0.5) is 0 Å². The maximum absolute atomic E-state index is 12.2. The van der Waals surface area contributed by atoms with Crippen LogP contribution in [0.2, 0.25) is 0 Å². The monoisotopic (exact) mass is 342 g/mol. The van der Waals surface area contributed by atoms with Crippen molar-refractivity contribution in [3.8, 4) is 11.5 Å². The van der Waals surface area contributed by atoms with Gasteiger partial charge in [0.1, 0.15) is 11.5 Å². The Morgan fingerprint density at radius 1 is 1.00 bits per heavy atom. The Morgan fingerprint density at radius 3 is 2.12 bits per heavy atom. The first kappa shape index (κ1) is 18.8. The highest BCUT2D eigenvalue weighted by molar-refractivity contribution is 5.79. The normalized spacial score (nSPS) is 13.4. The maximum atomic E-state index is 12.2. The second kappa shape index (κ2) is 10.4. The van der Waals surface area contributed by atoms with Gasteiger partial charge in [0.15, 0.2) is 0 Å². The number of methoxy groups -OCH3 is 2. The summed E-state index contributed by atoms with van der Waals surface area (Å²) in [4.78, 5) is 14.1. The third kappa shape index (κ3) is 6.12. The lowest BCUT2D eigenvalue weighted by molar-refractivity contribution is -0.131. The lowest BCUT2D eigenvalue weighted by Gasteiger charge is -2.27. The second-order valence-electron chi connectivity index (χ2n) is 5.64. The van der Waals surface area contributed by atoms with E-state index in [-0.39, 0.29) is 5.91 Å². The minimum Gasteiger partial charge on any atom is -0.497 e. The maximum Gasteiger partial charge on any atom is 0.227 e. The van der Waals surface area contributed by atoms with Gasteiger partial charge in [-0.25, -0.2) is 0 Å². The van der Waals surface area contributed by atoms with Gasteiger partial charge in [-0.15, -0.1) is 0 Å². The van der Waals surface area contributed by atoms with Crippen LogP contribution >= 0.6 is 0 Å². The Bertz CT molecular complexity index is 614. The molecule has 0 aliphatic carbocycles. The van der Waals surface area contributed by atoms with E-state index in [2.05, 4.69) is 5.32 Å². The molecule has 2 aromatic carbocycles. The number of nitrogens with zero attached hydrogens (tertiary/aromatic N) is 1. The van der Waals surface area contributed by atoms with Crippen molar-refractivity contribution < 1.29 is 14.3 Å². The van der Waals surface area contributed by atoms with Gasteiger partial charge in [-0.3, -0.25) is 4.79 Å². The van der Waals surface area contributed by atoms with Crippen molar-refractivity contribution in [2.45, 2.75) is 6.42 Å². The Kier molecular flexibility index (Phi) is 7.79. The molecule has 3 rings (SSSR count). The molecule has 25 heavy (non-hydrogen) atoms. The molecular formula is C20H26N2O3. The van der Waals surface area contributed by atoms with Crippen LogP contribution in [-0.2, 0) is 11.2 Å². The van der Waals surface area contributed by atoms with Crippen LogP contribution in [0.25, 0.3) is 0 Å². The number of carbonyl (C=O) groups is 1. The number of benzene rings is 2. The summed E-state index contributed by atoms with van der Waals surface area (Å²) in [6.45, 7) is 3.28. The molecule has 1 fully saturated rings. The van der Waals surface area contributed by atoms with Crippen molar-refractivity contribution in [1.82, 2.24) is 10.2 Å². The Balaban J connectivity index is 0.000000316. The molecule has 0 saturated carbocycles. The number of hydrogen-bond acceptors (Lipinski definition) is 4. The van der Waals surface area contributed by atoms with Crippen molar-refractivity contribution >= 4 is 5.91 Å².